The fraction of sp³-hybridized carbons (Fsp3) is 0.167. The minimum atomic E-state index is -4.09. The van der Waals surface area contributed by atoms with Crippen LogP contribution in [0, 0.1) is 17.6 Å². The van der Waals surface area contributed by atoms with Gasteiger partial charge in [0, 0.05) is 17.0 Å². The predicted molar refractivity (Wildman–Crippen MR) is 167 cm³/mol. The number of nitrogens with zero attached hydrogens (tertiary/aromatic N) is 2. The van der Waals surface area contributed by atoms with E-state index in [1.165, 1.54) is 59.6 Å². The molecule has 11 heteroatoms. The van der Waals surface area contributed by atoms with Crippen molar-refractivity contribution in [2.45, 2.75) is 35.1 Å². The topological polar surface area (TPSA) is 110 Å². The molecule has 0 bridgehead atoms. The summed E-state index contributed by atoms with van der Waals surface area (Å²) in [7, 11) is -4.09. The molecular formula is C36H26F2N2O6S. The molecule has 0 unspecified atom stereocenters. The number of amides is 1. The van der Waals surface area contributed by atoms with Gasteiger partial charge in [-0.25, -0.2) is 27.0 Å². The molecule has 236 valence electrons. The van der Waals surface area contributed by atoms with Gasteiger partial charge in [-0.15, -0.1) is 0 Å². The Morgan fingerprint density at radius 2 is 1.57 bits per heavy atom. The average molecular weight is 653 g/mol. The van der Waals surface area contributed by atoms with Crippen LogP contribution in [-0.2, 0) is 19.4 Å². The SMILES string of the molecule is O=C(OCC(=O)N1N=C2/C(=C\c3ccc(F)cc3)CCC[C@H]2[C@H]1c1ccc(F)cc1)c1ccc2c(c1)S(=O)(=O)c1ccccc1C2=O. The fourth-order valence-corrected chi connectivity index (χ4v) is 8.13. The van der Waals surface area contributed by atoms with Gasteiger partial charge in [-0.1, -0.05) is 36.4 Å². The van der Waals surface area contributed by atoms with Crippen molar-refractivity contribution in [1.82, 2.24) is 5.01 Å². The number of carbonyl (C=O) groups excluding carboxylic acids is 3. The monoisotopic (exact) mass is 652 g/mol. The second-order valence-electron chi connectivity index (χ2n) is 11.6. The summed E-state index contributed by atoms with van der Waals surface area (Å²) in [6.07, 6.45) is 4.11. The van der Waals surface area contributed by atoms with Crippen molar-refractivity contribution in [3.8, 4) is 0 Å². The highest BCUT2D eigenvalue weighted by atomic mass is 32.2. The second kappa shape index (κ2) is 11.8. The predicted octanol–water partition coefficient (Wildman–Crippen LogP) is 6.32. The van der Waals surface area contributed by atoms with Gasteiger partial charge in [0.2, 0.25) is 9.84 Å². The lowest BCUT2D eigenvalue weighted by Crippen LogP contribution is -2.34. The minimum Gasteiger partial charge on any atom is -0.452 e. The summed E-state index contributed by atoms with van der Waals surface area (Å²) < 4.78 is 59.3. The van der Waals surface area contributed by atoms with Crippen LogP contribution in [0.25, 0.3) is 6.08 Å². The molecule has 2 aliphatic heterocycles. The summed E-state index contributed by atoms with van der Waals surface area (Å²) in [5.41, 5.74) is 2.85. The van der Waals surface area contributed by atoms with Crippen LogP contribution >= 0.6 is 0 Å². The Labute approximate surface area is 268 Å². The molecule has 7 rings (SSSR count). The van der Waals surface area contributed by atoms with Gasteiger partial charge in [0.15, 0.2) is 12.4 Å². The zero-order valence-electron chi connectivity index (χ0n) is 24.7. The summed E-state index contributed by atoms with van der Waals surface area (Å²) in [6, 6.07) is 20.7. The van der Waals surface area contributed by atoms with E-state index in [4.69, 9.17) is 9.84 Å². The molecule has 0 saturated heterocycles. The van der Waals surface area contributed by atoms with E-state index in [1.807, 2.05) is 6.08 Å². The molecule has 4 aromatic rings. The van der Waals surface area contributed by atoms with E-state index in [9.17, 15) is 31.6 Å². The van der Waals surface area contributed by atoms with Gasteiger partial charge >= 0.3 is 5.97 Å². The van der Waals surface area contributed by atoms with Gasteiger partial charge in [-0.05, 0) is 96.6 Å². The molecule has 0 N–H and O–H groups in total. The van der Waals surface area contributed by atoms with Crippen LogP contribution in [0.15, 0.2) is 111 Å². The Morgan fingerprint density at radius 3 is 2.32 bits per heavy atom. The summed E-state index contributed by atoms with van der Waals surface area (Å²) in [5, 5.41) is 5.96. The van der Waals surface area contributed by atoms with E-state index in [0.717, 1.165) is 23.6 Å². The minimum absolute atomic E-state index is 0.0556. The number of ether oxygens (including phenoxy) is 1. The summed E-state index contributed by atoms with van der Waals surface area (Å²) in [5.74, 6) is -3.07. The zero-order chi connectivity index (χ0) is 32.9. The van der Waals surface area contributed by atoms with Crippen molar-refractivity contribution in [1.29, 1.82) is 0 Å². The Kier molecular flexibility index (Phi) is 7.63. The molecule has 1 aliphatic carbocycles. The molecule has 0 spiro atoms. The third kappa shape index (κ3) is 5.46. The quantitative estimate of drug-likeness (QED) is 0.206. The molecule has 0 radical (unpaired) electrons. The van der Waals surface area contributed by atoms with Crippen molar-refractivity contribution < 1.29 is 36.3 Å². The smallest absolute Gasteiger partial charge is 0.338 e. The number of esters is 1. The van der Waals surface area contributed by atoms with Crippen LogP contribution in [0.1, 0.15) is 62.7 Å². The zero-order valence-corrected chi connectivity index (χ0v) is 25.5. The molecule has 8 nitrogen and oxygen atoms in total. The van der Waals surface area contributed by atoms with Crippen molar-refractivity contribution in [3.05, 3.63) is 136 Å². The molecular weight excluding hydrogens is 626 g/mol. The first-order chi connectivity index (χ1) is 22.6. The number of hydrogen-bond donors (Lipinski definition) is 0. The maximum atomic E-state index is 13.9. The van der Waals surface area contributed by atoms with E-state index < -0.39 is 46.0 Å². The van der Waals surface area contributed by atoms with Gasteiger partial charge in [-0.2, -0.15) is 5.10 Å². The van der Waals surface area contributed by atoms with Crippen molar-refractivity contribution in [2.75, 3.05) is 6.61 Å². The molecule has 0 aromatic heterocycles. The lowest BCUT2D eigenvalue weighted by Gasteiger charge is -2.29. The number of rotatable bonds is 5. The number of ketones is 1. The maximum Gasteiger partial charge on any atom is 0.338 e. The number of fused-ring (bicyclic) bond motifs is 3. The van der Waals surface area contributed by atoms with Gasteiger partial charge in [0.05, 0.1) is 27.1 Å². The number of allylic oxidation sites excluding steroid dienone is 1. The Balaban J connectivity index is 1.15. The first-order valence-corrected chi connectivity index (χ1v) is 16.4. The highest BCUT2D eigenvalue weighted by molar-refractivity contribution is 7.91. The summed E-state index contributed by atoms with van der Waals surface area (Å²) >= 11 is 0. The van der Waals surface area contributed by atoms with Crippen LogP contribution < -0.4 is 0 Å². The number of benzene rings is 4. The van der Waals surface area contributed by atoms with Gasteiger partial charge in [-0.3, -0.25) is 9.59 Å². The number of halogens is 2. The average Bonchev–Trinajstić information content (AvgIpc) is 3.48. The second-order valence-corrected chi connectivity index (χ2v) is 13.4. The van der Waals surface area contributed by atoms with Gasteiger partial charge in [0.25, 0.3) is 5.91 Å². The molecule has 1 saturated carbocycles. The number of carbonyl (C=O) groups is 3. The molecule has 3 aliphatic rings. The molecule has 2 heterocycles. The molecule has 47 heavy (non-hydrogen) atoms. The standard InChI is InChI=1S/C36H26F2N2O6S/c37-25-13-8-21(9-14-25)18-23-4-3-6-29-33(23)39-40(34(29)22-10-15-26(38)16-11-22)32(41)20-46-36(43)24-12-17-28-31(19-24)47(44,45)30-7-2-1-5-27(30)35(28)42/h1-2,5,7-19,29,34H,3-4,6,20H2/b23-18-/t29-,34-/m1/s1. The third-order valence-electron chi connectivity index (χ3n) is 8.68. The number of sulfone groups is 1. The largest absolute Gasteiger partial charge is 0.452 e. The van der Waals surface area contributed by atoms with Crippen LogP contribution in [0.4, 0.5) is 8.78 Å². The van der Waals surface area contributed by atoms with E-state index in [1.54, 1.807) is 30.3 Å². The Bertz CT molecular complexity index is 2130. The first-order valence-electron chi connectivity index (χ1n) is 14.9. The summed E-state index contributed by atoms with van der Waals surface area (Å²) in [6.45, 7) is -0.706. The van der Waals surface area contributed by atoms with Crippen LogP contribution in [0.3, 0.4) is 0 Å². The number of hydrogen-bond acceptors (Lipinski definition) is 7. The van der Waals surface area contributed by atoms with Gasteiger partial charge in [0.1, 0.15) is 11.6 Å². The van der Waals surface area contributed by atoms with Crippen molar-refractivity contribution in [2.24, 2.45) is 11.0 Å². The van der Waals surface area contributed by atoms with E-state index >= 15 is 0 Å². The fourth-order valence-electron chi connectivity index (χ4n) is 6.45. The molecule has 1 amide bonds. The highest BCUT2D eigenvalue weighted by Gasteiger charge is 2.44. The normalized spacial score (nSPS) is 20.2. The lowest BCUT2D eigenvalue weighted by molar-refractivity contribution is -0.137. The van der Waals surface area contributed by atoms with Crippen LogP contribution in [-0.4, -0.2) is 43.4 Å². The highest BCUT2D eigenvalue weighted by Crippen LogP contribution is 2.44. The van der Waals surface area contributed by atoms with E-state index in [2.05, 4.69) is 0 Å². The molecule has 1 fully saturated rings. The number of hydrazone groups is 1. The maximum absolute atomic E-state index is 13.9. The Morgan fingerprint density at radius 1 is 0.894 bits per heavy atom. The van der Waals surface area contributed by atoms with E-state index in [0.29, 0.717) is 24.1 Å². The Hall–Kier alpha value is -5.29. The van der Waals surface area contributed by atoms with Crippen molar-refractivity contribution >= 4 is 39.3 Å². The van der Waals surface area contributed by atoms with Gasteiger partial charge < -0.3 is 4.74 Å². The van der Waals surface area contributed by atoms with Crippen LogP contribution in [0.5, 0.6) is 0 Å². The molecule has 4 aromatic carbocycles. The van der Waals surface area contributed by atoms with E-state index in [-0.39, 0.29) is 38.2 Å². The molecule has 2 atom stereocenters. The van der Waals surface area contributed by atoms with Crippen molar-refractivity contribution in [3.63, 3.8) is 0 Å². The van der Waals surface area contributed by atoms with Crippen LogP contribution in [0.2, 0.25) is 0 Å². The summed E-state index contributed by atoms with van der Waals surface area (Å²) in [4.78, 5) is 39.3. The third-order valence-corrected chi connectivity index (χ3v) is 10.5. The first kappa shape index (κ1) is 30.4. The lowest BCUT2D eigenvalue weighted by atomic mass is 9.77.